The van der Waals surface area contributed by atoms with Gasteiger partial charge in [-0.1, -0.05) is 24.1 Å². The van der Waals surface area contributed by atoms with E-state index in [1.54, 1.807) is 0 Å². The zero-order chi connectivity index (χ0) is 13.5. The van der Waals surface area contributed by atoms with E-state index in [9.17, 15) is 4.79 Å². The number of rotatable bonds is 2. The minimum Gasteiger partial charge on any atom is -0.396 e. The van der Waals surface area contributed by atoms with E-state index >= 15 is 0 Å². The van der Waals surface area contributed by atoms with Crippen molar-refractivity contribution in [1.82, 2.24) is 5.32 Å². The van der Waals surface area contributed by atoms with Gasteiger partial charge in [-0.15, -0.1) is 0 Å². The largest absolute Gasteiger partial charge is 0.396 e. The fourth-order valence-electron chi connectivity index (χ4n) is 2.36. The molecule has 0 aliphatic heterocycles. The third-order valence-electron chi connectivity index (χ3n) is 3.53. The maximum absolute atomic E-state index is 11.7. The van der Waals surface area contributed by atoms with Crippen molar-refractivity contribution in [3.63, 3.8) is 0 Å². The predicted molar refractivity (Wildman–Crippen MR) is 74.3 cm³/mol. The zero-order valence-corrected chi connectivity index (χ0v) is 10.9. The third-order valence-corrected chi connectivity index (χ3v) is 3.53. The maximum atomic E-state index is 11.7. The molecule has 100 valence electrons. The Balaban J connectivity index is 1.81. The van der Waals surface area contributed by atoms with Crippen LogP contribution in [0.1, 0.15) is 31.2 Å². The number of carbonyl (C=O) groups is 1. The minimum atomic E-state index is -0.212. The van der Waals surface area contributed by atoms with Gasteiger partial charge in [0.05, 0.1) is 0 Å². The second-order valence-corrected chi connectivity index (χ2v) is 4.99. The molecule has 0 heterocycles. The number of amides is 1. The van der Waals surface area contributed by atoms with Crippen molar-refractivity contribution < 1.29 is 9.90 Å². The molecule has 0 aromatic heterocycles. The van der Waals surface area contributed by atoms with E-state index in [4.69, 9.17) is 5.11 Å². The average Bonchev–Trinajstić information content (AvgIpc) is 2.47. The van der Waals surface area contributed by atoms with Crippen molar-refractivity contribution >= 4 is 5.91 Å². The molecular formula is C16H19NO2. The summed E-state index contributed by atoms with van der Waals surface area (Å²) in [6.07, 6.45) is 3.83. The van der Waals surface area contributed by atoms with E-state index in [0.717, 1.165) is 31.2 Å². The topological polar surface area (TPSA) is 49.3 Å². The number of nitrogens with one attached hydrogen (secondary N) is 1. The zero-order valence-electron chi connectivity index (χ0n) is 10.9. The Labute approximate surface area is 114 Å². The highest BCUT2D eigenvalue weighted by Gasteiger charge is 2.21. The molecule has 2 N–H and O–H groups in total. The van der Waals surface area contributed by atoms with E-state index in [0.29, 0.717) is 5.92 Å². The normalized spacial score (nSPS) is 22.2. The first-order chi connectivity index (χ1) is 9.28. The fourth-order valence-corrected chi connectivity index (χ4v) is 2.36. The van der Waals surface area contributed by atoms with Crippen LogP contribution in [0.25, 0.3) is 0 Å². The van der Waals surface area contributed by atoms with Gasteiger partial charge in [-0.25, -0.2) is 0 Å². The second kappa shape index (κ2) is 6.96. The van der Waals surface area contributed by atoms with Gasteiger partial charge in [0, 0.05) is 24.1 Å². The molecule has 3 nitrogen and oxygen atoms in total. The van der Waals surface area contributed by atoms with Crippen molar-refractivity contribution in [2.75, 3.05) is 6.61 Å². The highest BCUT2D eigenvalue weighted by Crippen LogP contribution is 2.23. The van der Waals surface area contributed by atoms with Crippen molar-refractivity contribution in [3.05, 3.63) is 35.9 Å². The summed E-state index contributed by atoms with van der Waals surface area (Å²) in [7, 11) is 0. The Hall–Kier alpha value is -1.79. The van der Waals surface area contributed by atoms with Gasteiger partial charge in [0.2, 0.25) is 0 Å². The lowest BCUT2D eigenvalue weighted by molar-refractivity contribution is -0.116. The van der Waals surface area contributed by atoms with E-state index in [-0.39, 0.29) is 18.6 Å². The lowest BCUT2D eigenvalue weighted by atomic mass is 9.86. The van der Waals surface area contributed by atoms with E-state index < -0.39 is 0 Å². The van der Waals surface area contributed by atoms with Gasteiger partial charge < -0.3 is 10.4 Å². The number of hydrogen-bond acceptors (Lipinski definition) is 2. The quantitative estimate of drug-likeness (QED) is 0.792. The van der Waals surface area contributed by atoms with E-state index in [1.165, 1.54) is 0 Å². The van der Waals surface area contributed by atoms with Crippen molar-refractivity contribution in [2.45, 2.75) is 31.7 Å². The molecule has 1 aromatic carbocycles. The molecule has 1 aliphatic carbocycles. The molecule has 3 heteroatoms. The number of benzene rings is 1. The molecule has 1 aliphatic rings. The molecule has 1 saturated carbocycles. The molecule has 0 atom stereocenters. The lowest BCUT2D eigenvalue weighted by Gasteiger charge is -2.27. The van der Waals surface area contributed by atoms with Gasteiger partial charge in [0.1, 0.15) is 0 Å². The van der Waals surface area contributed by atoms with Crippen LogP contribution in [0.4, 0.5) is 0 Å². The highest BCUT2D eigenvalue weighted by molar-refractivity contribution is 5.94. The van der Waals surface area contributed by atoms with Crippen molar-refractivity contribution in [1.29, 1.82) is 0 Å². The standard InChI is InChI=1S/C16H19NO2/c18-12-14-6-9-15(10-7-14)17-16(19)11-8-13-4-2-1-3-5-13/h1-5,14-15,18H,6-7,9-10,12H2,(H,17,19). The summed E-state index contributed by atoms with van der Waals surface area (Å²) < 4.78 is 0. The van der Waals surface area contributed by atoms with Gasteiger partial charge in [-0.3, -0.25) is 4.79 Å². The molecule has 19 heavy (non-hydrogen) atoms. The molecule has 0 unspecified atom stereocenters. The summed E-state index contributed by atoms with van der Waals surface area (Å²) in [6, 6.07) is 9.70. The number of aliphatic hydroxyl groups excluding tert-OH is 1. The molecule has 1 fully saturated rings. The molecule has 0 radical (unpaired) electrons. The molecule has 1 amide bonds. The fraction of sp³-hybridized carbons (Fsp3) is 0.438. The number of carbonyl (C=O) groups excluding carboxylic acids is 1. The average molecular weight is 257 g/mol. The molecular weight excluding hydrogens is 238 g/mol. The first-order valence-electron chi connectivity index (χ1n) is 6.76. The van der Waals surface area contributed by atoms with Crippen LogP contribution in [0.3, 0.4) is 0 Å². The van der Waals surface area contributed by atoms with Crippen molar-refractivity contribution in [3.8, 4) is 11.8 Å². The Bertz CT molecular complexity index is 465. The molecule has 1 aromatic rings. The number of aliphatic hydroxyl groups is 1. The van der Waals surface area contributed by atoms with Gasteiger partial charge in [0.25, 0.3) is 5.91 Å². The minimum absolute atomic E-state index is 0.209. The summed E-state index contributed by atoms with van der Waals surface area (Å²) in [4.78, 5) is 11.7. The summed E-state index contributed by atoms with van der Waals surface area (Å²) in [5.41, 5.74) is 0.849. The Kier molecular flexibility index (Phi) is 5.00. The molecule has 0 spiro atoms. The van der Waals surface area contributed by atoms with Gasteiger partial charge in [-0.05, 0) is 43.7 Å². The Morgan fingerprint density at radius 1 is 1.21 bits per heavy atom. The van der Waals surface area contributed by atoms with Crippen molar-refractivity contribution in [2.24, 2.45) is 5.92 Å². The van der Waals surface area contributed by atoms with Gasteiger partial charge in [0.15, 0.2) is 0 Å². The Morgan fingerprint density at radius 2 is 1.89 bits per heavy atom. The smallest absolute Gasteiger partial charge is 0.296 e. The van der Waals surface area contributed by atoms with Gasteiger partial charge in [-0.2, -0.15) is 0 Å². The van der Waals surface area contributed by atoms with Crippen LogP contribution >= 0.6 is 0 Å². The van der Waals surface area contributed by atoms with Crippen LogP contribution in [0, 0.1) is 17.8 Å². The SMILES string of the molecule is O=C(C#Cc1ccccc1)NC1CCC(CO)CC1. The van der Waals surface area contributed by atoms with Gasteiger partial charge >= 0.3 is 0 Å². The monoisotopic (exact) mass is 257 g/mol. The second-order valence-electron chi connectivity index (χ2n) is 4.99. The van der Waals surface area contributed by atoms with Crippen LogP contribution in [0.2, 0.25) is 0 Å². The first kappa shape index (κ1) is 13.6. The van der Waals surface area contributed by atoms with Crippen LogP contribution < -0.4 is 5.32 Å². The first-order valence-corrected chi connectivity index (χ1v) is 6.76. The van der Waals surface area contributed by atoms with E-state index in [2.05, 4.69) is 17.2 Å². The molecule has 2 rings (SSSR count). The van der Waals surface area contributed by atoms with Crippen LogP contribution in [-0.4, -0.2) is 23.7 Å². The van der Waals surface area contributed by atoms with E-state index in [1.807, 2.05) is 30.3 Å². The molecule has 0 bridgehead atoms. The predicted octanol–water partition coefficient (Wildman–Crippen LogP) is 1.71. The van der Waals surface area contributed by atoms with Crippen LogP contribution in [0.15, 0.2) is 30.3 Å². The highest BCUT2D eigenvalue weighted by atomic mass is 16.3. The summed E-state index contributed by atoms with van der Waals surface area (Å²) in [6.45, 7) is 0.258. The lowest BCUT2D eigenvalue weighted by Crippen LogP contribution is -2.37. The maximum Gasteiger partial charge on any atom is 0.296 e. The van der Waals surface area contributed by atoms with Crippen LogP contribution in [0.5, 0.6) is 0 Å². The third kappa shape index (κ3) is 4.42. The molecule has 0 saturated heterocycles. The summed E-state index contributed by atoms with van der Waals surface area (Å²) >= 11 is 0. The Morgan fingerprint density at radius 3 is 2.53 bits per heavy atom. The number of hydrogen-bond donors (Lipinski definition) is 2. The summed E-state index contributed by atoms with van der Waals surface area (Å²) in [5, 5.41) is 12.0. The summed E-state index contributed by atoms with van der Waals surface area (Å²) in [5.74, 6) is 5.67. The van der Waals surface area contributed by atoms with Crippen LogP contribution in [-0.2, 0) is 4.79 Å².